The van der Waals surface area contributed by atoms with Gasteiger partial charge in [0.15, 0.2) is 5.13 Å². The van der Waals surface area contributed by atoms with Gasteiger partial charge in [-0.2, -0.15) is 0 Å². The van der Waals surface area contributed by atoms with Gasteiger partial charge in [-0.15, -0.1) is 11.3 Å². The van der Waals surface area contributed by atoms with Crippen LogP contribution in [0.15, 0.2) is 48.7 Å². The number of nitrogens with one attached hydrogen (secondary N) is 1. The van der Waals surface area contributed by atoms with Crippen molar-refractivity contribution in [2.24, 2.45) is 0 Å². The molecule has 9 heteroatoms. The van der Waals surface area contributed by atoms with Crippen molar-refractivity contribution in [3.63, 3.8) is 0 Å². The van der Waals surface area contributed by atoms with Crippen LogP contribution in [-0.2, 0) is 0 Å². The van der Waals surface area contributed by atoms with Crippen molar-refractivity contribution in [3.8, 4) is 11.3 Å². The zero-order chi connectivity index (χ0) is 21.1. The topological polar surface area (TPSA) is 78.3 Å². The summed E-state index contributed by atoms with van der Waals surface area (Å²) >= 11 is 2.88. The summed E-state index contributed by atoms with van der Waals surface area (Å²) in [6.45, 7) is 0.879. The van der Waals surface area contributed by atoms with Crippen LogP contribution in [0, 0.1) is 5.82 Å². The average Bonchev–Trinajstić information content (AvgIpc) is 3.33. The van der Waals surface area contributed by atoms with E-state index in [1.54, 1.807) is 18.2 Å². The highest BCUT2D eigenvalue weighted by Crippen LogP contribution is 2.34. The molecule has 0 aliphatic rings. The first-order valence-corrected chi connectivity index (χ1v) is 10.9. The molecule has 3 heterocycles. The third kappa shape index (κ3) is 4.48. The highest BCUT2D eigenvalue weighted by Gasteiger charge is 2.16. The number of fused-ring (bicyclic) bond motifs is 1. The van der Waals surface area contributed by atoms with Crippen molar-refractivity contribution in [2.75, 3.05) is 30.4 Å². The van der Waals surface area contributed by atoms with E-state index in [2.05, 4.69) is 15.3 Å². The summed E-state index contributed by atoms with van der Waals surface area (Å²) in [6, 6.07) is 12.1. The Morgan fingerprint density at radius 3 is 2.67 bits per heavy atom. The van der Waals surface area contributed by atoms with Gasteiger partial charge in [0.2, 0.25) is 0 Å². The van der Waals surface area contributed by atoms with E-state index in [4.69, 9.17) is 5.11 Å². The highest BCUT2D eigenvalue weighted by molar-refractivity contribution is 7.29. The number of anilines is 2. The predicted octanol–water partition coefficient (Wildman–Crippen LogP) is 4.63. The molecule has 2 N–H and O–H groups in total. The third-order valence-corrected chi connectivity index (χ3v) is 6.72. The smallest absolute Gasteiger partial charge is 0.265 e. The average molecular weight is 443 g/mol. The van der Waals surface area contributed by atoms with Gasteiger partial charge in [0, 0.05) is 31.5 Å². The van der Waals surface area contributed by atoms with Gasteiger partial charge in [0.25, 0.3) is 5.91 Å². The van der Waals surface area contributed by atoms with Gasteiger partial charge < -0.3 is 15.3 Å². The molecular weight excluding hydrogens is 423 g/mol. The highest BCUT2D eigenvalue weighted by atomic mass is 32.1. The molecule has 0 aliphatic carbocycles. The van der Waals surface area contributed by atoms with Crippen LogP contribution < -0.4 is 10.2 Å². The Morgan fingerprint density at radius 1 is 1.20 bits per heavy atom. The van der Waals surface area contributed by atoms with Gasteiger partial charge in [0.1, 0.15) is 10.6 Å². The summed E-state index contributed by atoms with van der Waals surface area (Å²) in [6.07, 6.45) is 1.87. The summed E-state index contributed by atoms with van der Waals surface area (Å²) < 4.78 is 14.0. The first-order chi connectivity index (χ1) is 14.5. The van der Waals surface area contributed by atoms with Crippen LogP contribution in [-0.4, -0.2) is 41.2 Å². The standard InChI is InChI=1S/C21H19FN4O2S2/c1-26(9-2-10-27)21-25-20-18(30-21)11-17(29-20)19(28)24-15-6-3-13(4-7-15)16-8-5-14(22)12-23-16/h3-8,11-12,27H,2,9-10H2,1H3,(H,24,28). The molecule has 4 rings (SSSR count). The van der Waals surface area contributed by atoms with E-state index in [0.717, 1.165) is 26.8 Å². The Labute approximate surface area is 180 Å². The second kappa shape index (κ2) is 8.86. The van der Waals surface area contributed by atoms with Crippen LogP contribution in [0.25, 0.3) is 20.8 Å². The van der Waals surface area contributed by atoms with Crippen molar-refractivity contribution < 1.29 is 14.3 Å². The van der Waals surface area contributed by atoms with Gasteiger partial charge >= 0.3 is 0 Å². The lowest BCUT2D eigenvalue weighted by Crippen LogP contribution is -2.18. The molecule has 3 aromatic heterocycles. The van der Waals surface area contributed by atoms with E-state index in [0.29, 0.717) is 22.7 Å². The molecule has 1 amide bonds. The molecule has 0 aliphatic heterocycles. The van der Waals surface area contributed by atoms with Crippen LogP contribution in [0.1, 0.15) is 16.1 Å². The number of aliphatic hydroxyl groups is 1. The number of carbonyl (C=O) groups excluding carboxylic acids is 1. The largest absolute Gasteiger partial charge is 0.396 e. The lowest BCUT2D eigenvalue weighted by atomic mass is 10.1. The normalized spacial score (nSPS) is 11.0. The van der Waals surface area contributed by atoms with Crippen molar-refractivity contribution in [1.29, 1.82) is 0 Å². The number of aromatic nitrogens is 2. The summed E-state index contributed by atoms with van der Waals surface area (Å²) in [5.74, 6) is -0.565. The first-order valence-electron chi connectivity index (χ1n) is 9.29. The van der Waals surface area contributed by atoms with Crippen LogP contribution in [0.5, 0.6) is 0 Å². The zero-order valence-corrected chi connectivity index (χ0v) is 17.8. The number of carbonyl (C=O) groups is 1. The predicted molar refractivity (Wildman–Crippen MR) is 120 cm³/mol. The van der Waals surface area contributed by atoms with Crippen LogP contribution in [0.4, 0.5) is 15.2 Å². The third-order valence-electron chi connectivity index (χ3n) is 4.45. The summed E-state index contributed by atoms with van der Waals surface area (Å²) in [7, 11) is 1.94. The maximum absolute atomic E-state index is 13.0. The molecule has 0 bridgehead atoms. The van der Waals surface area contributed by atoms with Crippen LogP contribution in [0.2, 0.25) is 0 Å². The fourth-order valence-corrected chi connectivity index (χ4v) is 4.96. The molecule has 4 aromatic rings. The lowest BCUT2D eigenvalue weighted by molar-refractivity contribution is 0.103. The first kappa shape index (κ1) is 20.4. The van der Waals surface area contributed by atoms with E-state index >= 15 is 0 Å². The molecule has 0 radical (unpaired) electrons. The number of hydrogen-bond donors (Lipinski definition) is 2. The molecule has 0 unspecified atom stereocenters. The van der Waals surface area contributed by atoms with E-state index < -0.39 is 0 Å². The molecule has 0 fully saturated rings. The monoisotopic (exact) mass is 442 g/mol. The second-order valence-electron chi connectivity index (χ2n) is 6.67. The Morgan fingerprint density at radius 2 is 2.00 bits per heavy atom. The lowest BCUT2D eigenvalue weighted by Gasteiger charge is -2.13. The fraction of sp³-hybridized carbons (Fsp3) is 0.190. The molecule has 1 aromatic carbocycles. The van der Waals surface area contributed by atoms with Crippen molar-refractivity contribution in [2.45, 2.75) is 6.42 Å². The summed E-state index contributed by atoms with van der Waals surface area (Å²) in [5, 5.41) is 12.7. The van der Waals surface area contributed by atoms with E-state index in [-0.39, 0.29) is 18.3 Å². The van der Waals surface area contributed by atoms with Gasteiger partial charge in [-0.25, -0.2) is 9.37 Å². The minimum absolute atomic E-state index is 0.149. The maximum Gasteiger partial charge on any atom is 0.265 e. The fourth-order valence-electron chi connectivity index (χ4n) is 2.87. The number of thiophene rings is 1. The number of thiazole rings is 1. The number of halogens is 1. The number of aliphatic hydroxyl groups excluding tert-OH is 1. The van der Waals surface area contributed by atoms with Gasteiger partial charge in [-0.05, 0) is 36.8 Å². The van der Waals surface area contributed by atoms with Gasteiger partial charge in [-0.3, -0.25) is 9.78 Å². The quantitative estimate of drug-likeness (QED) is 0.436. The zero-order valence-electron chi connectivity index (χ0n) is 16.1. The number of hydrogen-bond acceptors (Lipinski definition) is 7. The maximum atomic E-state index is 13.0. The Balaban J connectivity index is 1.43. The molecule has 30 heavy (non-hydrogen) atoms. The Kier molecular flexibility index (Phi) is 6.03. The Bertz CT molecular complexity index is 1120. The molecule has 6 nitrogen and oxygen atoms in total. The van der Waals surface area contributed by atoms with Crippen LogP contribution in [0.3, 0.4) is 0 Å². The van der Waals surface area contributed by atoms with E-state index in [9.17, 15) is 9.18 Å². The van der Waals surface area contributed by atoms with Crippen LogP contribution >= 0.6 is 22.7 Å². The van der Waals surface area contributed by atoms with Crippen molar-refractivity contribution >= 4 is 48.9 Å². The Hall–Kier alpha value is -2.88. The number of rotatable bonds is 7. The van der Waals surface area contributed by atoms with Gasteiger partial charge in [0.05, 0.1) is 21.5 Å². The molecule has 154 valence electrons. The number of pyridine rings is 1. The number of nitrogens with zero attached hydrogens (tertiary/aromatic N) is 3. The molecule has 0 spiro atoms. The van der Waals surface area contributed by atoms with Crippen molar-refractivity contribution in [1.82, 2.24) is 9.97 Å². The molecular formula is C21H19FN4O2S2. The number of benzene rings is 1. The molecule has 0 saturated carbocycles. The van der Waals surface area contributed by atoms with Gasteiger partial charge in [-0.1, -0.05) is 23.5 Å². The summed E-state index contributed by atoms with van der Waals surface area (Å²) in [5.41, 5.74) is 2.17. The van der Waals surface area contributed by atoms with E-state index in [1.807, 2.05) is 30.1 Å². The molecule has 0 atom stereocenters. The molecule has 0 saturated heterocycles. The minimum Gasteiger partial charge on any atom is -0.396 e. The minimum atomic E-state index is -0.378. The number of amides is 1. The second-order valence-corrected chi connectivity index (χ2v) is 8.71. The SMILES string of the molecule is CN(CCCO)c1nc2sc(C(=O)Nc3ccc(-c4ccc(F)cn4)cc3)cc2s1. The summed E-state index contributed by atoms with van der Waals surface area (Å²) in [4.78, 5) is 24.7. The van der Waals surface area contributed by atoms with E-state index in [1.165, 1.54) is 34.9 Å². The van der Waals surface area contributed by atoms with Crippen molar-refractivity contribution in [3.05, 3.63) is 59.4 Å².